The molecule has 0 atom stereocenters. The zero-order chi connectivity index (χ0) is 11.4. The van der Waals surface area contributed by atoms with Crippen molar-refractivity contribution in [2.24, 2.45) is 0 Å². The normalized spacial score (nSPS) is 14.2. The van der Waals surface area contributed by atoms with Gasteiger partial charge in [-0.1, -0.05) is 11.6 Å². The van der Waals surface area contributed by atoms with Crippen LogP contribution in [0.3, 0.4) is 0 Å². The van der Waals surface area contributed by atoms with E-state index in [1.165, 1.54) is 0 Å². The number of anilines is 1. The molecular weight excluding hydrogens is 244 g/mol. The molecule has 1 aliphatic heterocycles. The summed E-state index contributed by atoms with van der Waals surface area (Å²) in [6.07, 6.45) is 1.92. The highest BCUT2D eigenvalue weighted by Gasteiger charge is 2.09. The molecular formula is C11H11ClN2OS. The molecule has 2 rings (SSSR count). The zero-order valence-electron chi connectivity index (χ0n) is 8.52. The first-order valence-corrected chi connectivity index (χ1v) is 6.24. The van der Waals surface area contributed by atoms with Gasteiger partial charge in [0.2, 0.25) is 5.91 Å². The Hall–Kier alpha value is -1.13. The molecule has 0 aliphatic carbocycles. The van der Waals surface area contributed by atoms with Gasteiger partial charge in [0.15, 0.2) is 0 Å². The van der Waals surface area contributed by atoms with Crippen molar-refractivity contribution in [1.29, 1.82) is 0 Å². The lowest BCUT2D eigenvalue weighted by atomic mass is 10.3. The van der Waals surface area contributed by atoms with Gasteiger partial charge in [0, 0.05) is 16.9 Å². The van der Waals surface area contributed by atoms with E-state index in [4.69, 9.17) is 11.6 Å². The Balaban J connectivity index is 1.86. The maximum absolute atomic E-state index is 11.6. The van der Waals surface area contributed by atoms with E-state index in [0.717, 1.165) is 11.6 Å². The van der Waals surface area contributed by atoms with Crippen molar-refractivity contribution in [3.63, 3.8) is 0 Å². The SMILES string of the molecule is O=C(CN1C=CSC1)Nc1ccc(Cl)cc1. The van der Waals surface area contributed by atoms with Crippen molar-refractivity contribution in [1.82, 2.24) is 4.90 Å². The molecule has 0 bridgehead atoms. The minimum absolute atomic E-state index is 0.0190. The van der Waals surface area contributed by atoms with Crippen molar-refractivity contribution < 1.29 is 4.79 Å². The van der Waals surface area contributed by atoms with Crippen molar-refractivity contribution in [3.05, 3.63) is 40.9 Å². The monoisotopic (exact) mass is 254 g/mol. The molecule has 1 amide bonds. The lowest BCUT2D eigenvalue weighted by molar-refractivity contribution is -0.116. The fourth-order valence-electron chi connectivity index (χ4n) is 1.33. The van der Waals surface area contributed by atoms with E-state index in [1.807, 2.05) is 16.5 Å². The fraction of sp³-hybridized carbons (Fsp3) is 0.182. The summed E-state index contributed by atoms with van der Waals surface area (Å²) >= 11 is 7.43. The third kappa shape index (κ3) is 3.18. The summed E-state index contributed by atoms with van der Waals surface area (Å²) in [5.74, 6) is 0.822. The summed E-state index contributed by atoms with van der Waals surface area (Å²) < 4.78 is 0. The quantitative estimate of drug-likeness (QED) is 0.900. The van der Waals surface area contributed by atoms with Crippen LogP contribution < -0.4 is 5.32 Å². The smallest absolute Gasteiger partial charge is 0.243 e. The van der Waals surface area contributed by atoms with Crippen molar-refractivity contribution in [3.8, 4) is 0 Å². The summed E-state index contributed by atoms with van der Waals surface area (Å²) in [5.41, 5.74) is 0.769. The van der Waals surface area contributed by atoms with Gasteiger partial charge >= 0.3 is 0 Å². The molecule has 1 N–H and O–H groups in total. The molecule has 1 aromatic carbocycles. The maximum atomic E-state index is 11.6. The molecule has 5 heteroatoms. The van der Waals surface area contributed by atoms with E-state index in [0.29, 0.717) is 11.6 Å². The van der Waals surface area contributed by atoms with Crippen molar-refractivity contribution >= 4 is 35.0 Å². The number of amides is 1. The summed E-state index contributed by atoms with van der Waals surface area (Å²) in [4.78, 5) is 13.6. The largest absolute Gasteiger partial charge is 0.358 e. The predicted molar refractivity (Wildman–Crippen MR) is 68.4 cm³/mol. The van der Waals surface area contributed by atoms with Crippen LogP contribution in [-0.2, 0) is 4.79 Å². The molecule has 0 spiro atoms. The van der Waals surface area contributed by atoms with Crippen molar-refractivity contribution in [2.75, 3.05) is 17.7 Å². The number of nitrogens with one attached hydrogen (secondary N) is 1. The molecule has 0 radical (unpaired) electrons. The van der Waals surface area contributed by atoms with Crippen LogP contribution in [0.5, 0.6) is 0 Å². The van der Waals surface area contributed by atoms with E-state index in [1.54, 1.807) is 36.0 Å². The Morgan fingerprint density at radius 1 is 1.44 bits per heavy atom. The average molecular weight is 255 g/mol. The first-order valence-electron chi connectivity index (χ1n) is 4.82. The number of halogens is 1. The van der Waals surface area contributed by atoms with Crippen LogP contribution in [-0.4, -0.2) is 23.2 Å². The van der Waals surface area contributed by atoms with Gasteiger partial charge in [-0.05, 0) is 29.7 Å². The van der Waals surface area contributed by atoms with Crippen LogP contribution in [0.2, 0.25) is 5.02 Å². The molecule has 0 saturated carbocycles. The molecule has 1 aromatic rings. The van der Waals surface area contributed by atoms with Gasteiger partial charge in [0.1, 0.15) is 0 Å². The Morgan fingerprint density at radius 2 is 2.19 bits per heavy atom. The lowest BCUT2D eigenvalue weighted by Crippen LogP contribution is -2.27. The number of hydrogen-bond donors (Lipinski definition) is 1. The molecule has 0 fully saturated rings. The predicted octanol–water partition coefficient (Wildman–Crippen LogP) is 2.76. The minimum atomic E-state index is -0.0190. The zero-order valence-corrected chi connectivity index (χ0v) is 10.1. The molecule has 0 aromatic heterocycles. The molecule has 84 valence electrons. The van der Waals surface area contributed by atoms with Crippen LogP contribution in [0.1, 0.15) is 0 Å². The Morgan fingerprint density at radius 3 is 2.81 bits per heavy atom. The number of rotatable bonds is 3. The number of carbonyl (C=O) groups excluding carboxylic acids is 1. The van der Waals surface area contributed by atoms with E-state index in [9.17, 15) is 4.79 Å². The van der Waals surface area contributed by atoms with E-state index in [-0.39, 0.29) is 5.91 Å². The van der Waals surface area contributed by atoms with Gasteiger partial charge in [-0.3, -0.25) is 4.79 Å². The molecule has 0 unspecified atom stereocenters. The Labute approximate surface area is 103 Å². The van der Waals surface area contributed by atoms with Gasteiger partial charge in [0.25, 0.3) is 0 Å². The summed E-state index contributed by atoms with van der Waals surface area (Å²) in [6, 6.07) is 7.08. The fourth-order valence-corrected chi connectivity index (χ4v) is 2.17. The van der Waals surface area contributed by atoms with Gasteiger partial charge in [-0.15, -0.1) is 11.8 Å². The number of thioether (sulfide) groups is 1. The number of carbonyl (C=O) groups is 1. The highest BCUT2D eigenvalue weighted by Crippen LogP contribution is 2.16. The molecule has 16 heavy (non-hydrogen) atoms. The topological polar surface area (TPSA) is 32.3 Å². The Kier molecular flexibility index (Phi) is 3.74. The second-order valence-electron chi connectivity index (χ2n) is 3.38. The highest BCUT2D eigenvalue weighted by atomic mass is 35.5. The van der Waals surface area contributed by atoms with Crippen molar-refractivity contribution in [2.45, 2.75) is 0 Å². The number of benzene rings is 1. The van der Waals surface area contributed by atoms with Crippen LogP contribution in [0, 0.1) is 0 Å². The number of nitrogens with zero attached hydrogens (tertiary/aromatic N) is 1. The maximum Gasteiger partial charge on any atom is 0.243 e. The molecule has 1 heterocycles. The molecule has 0 saturated heterocycles. The van der Waals surface area contributed by atoms with Crippen LogP contribution in [0.25, 0.3) is 0 Å². The van der Waals surface area contributed by atoms with Gasteiger partial charge in [-0.25, -0.2) is 0 Å². The summed E-state index contributed by atoms with van der Waals surface area (Å²) in [7, 11) is 0. The second kappa shape index (κ2) is 5.27. The van der Waals surface area contributed by atoms with E-state index < -0.39 is 0 Å². The third-order valence-corrected chi connectivity index (χ3v) is 3.13. The lowest BCUT2D eigenvalue weighted by Gasteiger charge is -2.13. The van der Waals surface area contributed by atoms with Gasteiger partial charge in [0.05, 0.1) is 12.4 Å². The van der Waals surface area contributed by atoms with Gasteiger partial charge in [-0.2, -0.15) is 0 Å². The molecule has 3 nitrogen and oxygen atoms in total. The van der Waals surface area contributed by atoms with E-state index in [2.05, 4.69) is 5.32 Å². The van der Waals surface area contributed by atoms with Crippen LogP contribution >= 0.6 is 23.4 Å². The summed E-state index contributed by atoms with van der Waals surface area (Å²) in [6.45, 7) is 0.381. The first-order chi connectivity index (χ1) is 7.74. The Bertz CT molecular complexity index is 405. The third-order valence-electron chi connectivity index (χ3n) is 2.08. The summed E-state index contributed by atoms with van der Waals surface area (Å²) in [5, 5.41) is 5.46. The molecule has 1 aliphatic rings. The minimum Gasteiger partial charge on any atom is -0.358 e. The number of hydrogen-bond acceptors (Lipinski definition) is 3. The van der Waals surface area contributed by atoms with Gasteiger partial charge < -0.3 is 10.2 Å². The standard InChI is InChI=1S/C11H11ClN2OS/c12-9-1-3-10(4-2-9)13-11(15)7-14-5-6-16-8-14/h1-6H,7-8H2,(H,13,15). The highest BCUT2D eigenvalue weighted by molar-refractivity contribution is 8.02. The van der Waals surface area contributed by atoms with Crippen LogP contribution in [0.15, 0.2) is 35.9 Å². The van der Waals surface area contributed by atoms with Crippen LogP contribution in [0.4, 0.5) is 5.69 Å². The second-order valence-corrected chi connectivity index (χ2v) is 4.68. The average Bonchev–Trinajstić information content (AvgIpc) is 2.74. The first kappa shape index (κ1) is 11.4. The van der Waals surface area contributed by atoms with E-state index >= 15 is 0 Å².